The highest BCUT2D eigenvalue weighted by atomic mass is 32.1. The van der Waals surface area contributed by atoms with Gasteiger partial charge in [-0.3, -0.25) is 0 Å². The first kappa shape index (κ1) is 15.6. The maximum atomic E-state index is 7.56. The summed E-state index contributed by atoms with van der Waals surface area (Å²) in [5.74, 6) is 0. The van der Waals surface area contributed by atoms with Gasteiger partial charge in [0.15, 0.2) is 0 Å². The molecule has 0 bridgehead atoms. The van der Waals surface area contributed by atoms with Crippen LogP contribution < -0.4 is 11.1 Å². The molecule has 4 nitrogen and oxygen atoms in total. The third-order valence-electron chi connectivity index (χ3n) is 1.53. The average molecular weight is 272 g/mol. The van der Waals surface area contributed by atoms with Crippen LogP contribution in [-0.2, 0) is 11.3 Å². The molecule has 6 heteroatoms. The van der Waals surface area contributed by atoms with Gasteiger partial charge in [0.25, 0.3) is 10.3 Å². The lowest BCUT2D eigenvalue weighted by atomic mass is 10.2. The summed E-state index contributed by atoms with van der Waals surface area (Å²) in [5.41, 5.74) is 5.53. The Morgan fingerprint density at radius 1 is 1.35 bits per heavy atom. The SMILES string of the molecule is CCNC(=S)OCc1ccccc1.NC(O)=S. The van der Waals surface area contributed by atoms with Gasteiger partial charge in [-0.1, -0.05) is 30.3 Å². The maximum Gasteiger partial charge on any atom is 0.256 e. The molecule has 0 unspecified atom stereocenters. The van der Waals surface area contributed by atoms with E-state index in [2.05, 4.69) is 23.3 Å². The van der Waals surface area contributed by atoms with E-state index in [0.717, 1.165) is 12.1 Å². The molecule has 1 rings (SSSR count). The molecule has 0 fully saturated rings. The molecule has 17 heavy (non-hydrogen) atoms. The molecule has 0 radical (unpaired) electrons. The van der Waals surface area contributed by atoms with Crippen LogP contribution in [0.15, 0.2) is 30.3 Å². The van der Waals surface area contributed by atoms with Gasteiger partial charge in [0.1, 0.15) is 6.61 Å². The predicted octanol–water partition coefficient (Wildman–Crippen LogP) is 1.89. The van der Waals surface area contributed by atoms with Crippen LogP contribution in [0.4, 0.5) is 0 Å². The molecule has 0 aliphatic rings. The van der Waals surface area contributed by atoms with Crippen molar-refractivity contribution in [2.45, 2.75) is 13.5 Å². The van der Waals surface area contributed by atoms with Crippen LogP contribution in [0.2, 0.25) is 0 Å². The fraction of sp³-hybridized carbons (Fsp3) is 0.273. The zero-order chi connectivity index (χ0) is 13.1. The second kappa shape index (κ2) is 9.80. The standard InChI is InChI=1S/C10H13NOS.CH3NOS/c1-2-11-10(13)12-8-9-6-4-3-5-7-9;2-1(3)4/h3-7H,2,8H2,1H3,(H,11,13);(H3,2,3,4). The van der Waals surface area contributed by atoms with Crippen LogP contribution in [0.3, 0.4) is 0 Å². The molecule has 1 aromatic rings. The molecule has 0 heterocycles. The topological polar surface area (TPSA) is 67.5 Å². The third kappa shape index (κ3) is 10.9. The zero-order valence-electron chi connectivity index (χ0n) is 9.55. The van der Waals surface area contributed by atoms with Crippen molar-refractivity contribution >= 4 is 34.8 Å². The van der Waals surface area contributed by atoms with Gasteiger partial charge in [0, 0.05) is 6.54 Å². The lowest BCUT2D eigenvalue weighted by Gasteiger charge is -2.07. The smallest absolute Gasteiger partial charge is 0.256 e. The van der Waals surface area contributed by atoms with Gasteiger partial charge in [0.2, 0.25) is 0 Å². The second-order valence-electron chi connectivity index (χ2n) is 2.93. The van der Waals surface area contributed by atoms with E-state index >= 15 is 0 Å². The number of hydrogen-bond acceptors (Lipinski definition) is 3. The summed E-state index contributed by atoms with van der Waals surface area (Å²) < 4.78 is 5.29. The molecule has 0 aliphatic heterocycles. The van der Waals surface area contributed by atoms with Crippen molar-refractivity contribution in [3.8, 4) is 0 Å². The summed E-state index contributed by atoms with van der Waals surface area (Å²) in [4.78, 5) is 0. The lowest BCUT2D eigenvalue weighted by Crippen LogP contribution is -2.23. The van der Waals surface area contributed by atoms with Crippen molar-refractivity contribution in [1.82, 2.24) is 5.32 Å². The van der Waals surface area contributed by atoms with E-state index in [1.54, 1.807) is 0 Å². The monoisotopic (exact) mass is 272 g/mol. The van der Waals surface area contributed by atoms with E-state index in [4.69, 9.17) is 22.1 Å². The van der Waals surface area contributed by atoms with Gasteiger partial charge < -0.3 is 20.9 Å². The van der Waals surface area contributed by atoms with Crippen LogP contribution in [0.1, 0.15) is 12.5 Å². The predicted molar refractivity (Wildman–Crippen MR) is 76.9 cm³/mol. The molecule has 0 aliphatic carbocycles. The van der Waals surface area contributed by atoms with Crippen molar-refractivity contribution < 1.29 is 9.84 Å². The van der Waals surface area contributed by atoms with Crippen LogP contribution in [-0.4, -0.2) is 22.0 Å². The first-order valence-electron chi connectivity index (χ1n) is 4.99. The summed E-state index contributed by atoms with van der Waals surface area (Å²) in [6, 6.07) is 9.96. The molecular formula is C11H16N2O2S2. The third-order valence-corrected chi connectivity index (χ3v) is 1.80. The molecular weight excluding hydrogens is 256 g/mol. The van der Waals surface area contributed by atoms with Gasteiger partial charge >= 0.3 is 0 Å². The summed E-state index contributed by atoms with van der Waals surface area (Å²) in [6.45, 7) is 3.32. The number of aliphatic hydroxyl groups is 1. The molecule has 1 aromatic carbocycles. The fourth-order valence-electron chi connectivity index (χ4n) is 0.918. The Kier molecular flexibility index (Phi) is 8.99. The van der Waals surface area contributed by atoms with Crippen molar-refractivity contribution in [2.24, 2.45) is 5.73 Å². The number of nitrogens with two attached hydrogens (primary N) is 1. The Balaban J connectivity index is 0.000000557. The number of aliphatic hydroxyl groups excluding tert-OH is 1. The summed E-state index contributed by atoms with van der Waals surface area (Å²) >= 11 is 8.79. The fourth-order valence-corrected chi connectivity index (χ4v) is 1.12. The lowest BCUT2D eigenvalue weighted by molar-refractivity contribution is 0.287. The second-order valence-corrected chi connectivity index (χ2v) is 3.72. The molecule has 94 valence electrons. The minimum absolute atomic E-state index is 0.464. The molecule has 0 amide bonds. The molecule has 0 aromatic heterocycles. The first-order valence-corrected chi connectivity index (χ1v) is 5.80. The highest BCUT2D eigenvalue weighted by molar-refractivity contribution is 7.80. The number of thiocarbonyl (C=S) groups is 2. The number of benzene rings is 1. The van der Waals surface area contributed by atoms with E-state index in [9.17, 15) is 0 Å². The van der Waals surface area contributed by atoms with Gasteiger partial charge in [-0.2, -0.15) is 0 Å². The molecule has 0 saturated carbocycles. The highest BCUT2D eigenvalue weighted by Crippen LogP contribution is 2.00. The van der Waals surface area contributed by atoms with E-state index in [-0.39, 0.29) is 0 Å². The van der Waals surface area contributed by atoms with Crippen LogP contribution in [0.5, 0.6) is 0 Å². The number of hydrogen-bond donors (Lipinski definition) is 3. The number of ether oxygens (including phenoxy) is 1. The van der Waals surface area contributed by atoms with Gasteiger partial charge in [-0.15, -0.1) is 0 Å². The maximum absolute atomic E-state index is 7.56. The van der Waals surface area contributed by atoms with E-state index < -0.39 is 5.17 Å². The summed E-state index contributed by atoms with van der Waals surface area (Å²) in [6.07, 6.45) is 0. The zero-order valence-corrected chi connectivity index (χ0v) is 11.2. The largest absolute Gasteiger partial charge is 0.487 e. The Morgan fingerprint density at radius 2 is 1.88 bits per heavy atom. The Hall–Kier alpha value is -1.40. The van der Waals surface area contributed by atoms with Crippen molar-refractivity contribution in [3.05, 3.63) is 35.9 Å². The Bertz CT molecular complexity index is 341. The Morgan fingerprint density at radius 3 is 2.35 bits per heavy atom. The van der Waals surface area contributed by atoms with E-state index in [0.29, 0.717) is 11.8 Å². The van der Waals surface area contributed by atoms with Crippen LogP contribution in [0, 0.1) is 0 Å². The van der Waals surface area contributed by atoms with Gasteiger partial charge in [-0.05, 0) is 36.9 Å². The van der Waals surface area contributed by atoms with Crippen LogP contribution >= 0.6 is 24.4 Å². The molecule has 4 N–H and O–H groups in total. The molecule has 0 saturated heterocycles. The minimum atomic E-state index is -0.500. The summed E-state index contributed by atoms with van der Waals surface area (Å²) in [7, 11) is 0. The first-order chi connectivity index (χ1) is 8.06. The van der Waals surface area contributed by atoms with Gasteiger partial charge in [0.05, 0.1) is 0 Å². The van der Waals surface area contributed by atoms with Gasteiger partial charge in [-0.25, -0.2) is 0 Å². The van der Waals surface area contributed by atoms with Crippen molar-refractivity contribution in [2.75, 3.05) is 6.54 Å². The molecule has 0 spiro atoms. The minimum Gasteiger partial charge on any atom is -0.487 e. The highest BCUT2D eigenvalue weighted by Gasteiger charge is 1.95. The number of nitrogens with one attached hydrogen (secondary N) is 1. The normalized spacial score (nSPS) is 8.53. The molecule has 0 atom stereocenters. The van der Waals surface area contributed by atoms with Crippen LogP contribution in [0.25, 0.3) is 0 Å². The van der Waals surface area contributed by atoms with Crippen molar-refractivity contribution in [1.29, 1.82) is 0 Å². The quantitative estimate of drug-likeness (QED) is 0.730. The van der Waals surface area contributed by atoms with E-state index in [1.807, 2.05) is 37.3 Å². The van der Waals surface area contributed by atoms with Crippen molar-refractivity contribution in [3.63, 3.8) is 0 Å². The Labute approximate surface area is 112 Å². The van der Waals surface area contributed by atoms with E-state index in [1.165, 1.54) is 0 Å². The summed E-state index contributed by atoms with van der Waals surface area (Å²) in [5, 5.41) is 10.5. The number of rotatable bonds is 3. The average Bonchev–Trinajstić information content (AvgIpc) is 2.27.